The van der Waals surface area contributed by atoms with Crippen LogP contribution in [0.2, 0.25) is 0 Å². The van der Waals surface area contributed by atoms with Crippen LogP contribution in [0.5, 0.6) is 0 Å². The van der Waals surface area contributed by atoms with Crippen molar-refractivity contribution in [2.75, 3.05) is 26.2 Å². The first-order chi connectivity index (χ1) is 16.3. The van der Waals surface area contributed by atoms with Crippen molar-refractivity contribution in [2.45, 2.75) is 44.2 Å². The zero-order chi connectivity index (χ0) is 24.5. The van der Waals surface area contributed by atoms with Crippen LogP contribution in [0.1, 0.15) is 42.7 Å². The zero-order valence-electron chi connectivity index (χ0n) is 19.1. The average Bonchev–Trinajstić information content (AvgIpc) is 2.86. The van der Waals surface area contributed by atoms with Crippen LogP contribution in [0, 0.1) is 10.1 Å². The van der Waals surface area contributed by atoms with Gasteiger partial charge >= 0.3 is 11.9 Å². The molecular weight excluding hydrogens is 438 g/mol. The highest BCUT2D eigenvalue weighted by Crippen LogP contribution is 2.35. The van der Waals surface area contributed by atoms with E-state index in [4.69, 9.17) is 19.8 Å². The lowest BCUT2D eigenvalue weighted by Crippen LogP contribution is -2.50. The van der Waals surface area contributed by atoms with Crippen molar-refractivity contribution >= 4 is 17.6 Å². The number of carbonyl (C=O) groups is 2. The summed E-state index contributed by atoms with van der Waals surface area (Å²) in [5, 5.41) is 25.6. The molecule has 1 heterocycles. The number of nitrogens with zero attached hydrogens (tertiary/aromatic N) is 3. The third-order valence-electron chi connectivity index (χ3n) is 6.63. The Bertz CT molecular complexity index is 938. The molecule has 9 nitrogen and oxygen atoms in total. The van der Waals surface area contributed by atoms with Gasteiger partial charge in [0.05, 0.1) is 4.92 Å². The third kappa shape index (κ3) is 7.36. The number of non-ortho nitro benzene ring substituents is 1. The van der Waals surface area contributed by atoms with Gasteiger partial charge in [-0.3, -0.25) is 19.9 Å². The maximum absolute atomic E-state index is 10.8. The van der Waals surface area contributed by atoms with Gasteiger partial charge in [-0.1, -0.05) is 42.5 Å². The second-order valence-electron chi connectivity index (χ2n) is 8.76. The maximum atomic E-state index is 10.8. The molecule has 2 aromatic rings. The van der Waals surface area contributed by atoms with Gasteiger partial charge in [-0.05, 0) is 42.7 Å². The van der Waals surface area contributed by atoms with Gasteiger partial charge < -0.3 is 10.2 Å². The number of piperazine rings is 1. The van der Waals surface area contributed by atoms with Crippen molar-refractivity contribution in [2.24, 2.45) is 0 Å². The quantitative estimate of drug-likeness (QED) is 0.387. The summed E-state index contributed by atoms with van der Waals surface area (Å²) in [7, 11) is 0. The van der Waals surface area contributed by atoms with Crippen molar-refractivity contribution in [3.8, 4) is 0 Å². The van der Waals surface area contributed by atoms with E-state index in [9.17, 15) is 10.1 Å². The van der Waals surface area contributed by atoms with Crippen molar-refractivity contribution < 1.29 is 24.7 Å². The van der Waals surface area contributed by atoms with Gasteiger partial charge in [-0.25, -0.2) is 9.59 Å². The fourth-order valence-electron chi connectivity index (χ4n) is 4.77. The van der Waals surface area contributed by atoms with E-state index in [0.29, 0.717) is 0 Å². The molecule has 1 saturated heterocycles. The van der Waals surface area contributed by atoms with Crippen LogP contribution < -0.4 is 0 Å². The molecule has 0 spiro atoms. The largest absolute Gasteiger partial charge is 0.473 e. The Kier molecular flexibility index (Phi) is 9.12. The molecule has 1 aliphatic carbocycles. The lowest BCUT2D eigenvalue weighted by molar-refractivity contribution is -0.384. The Morgan fingerprint density at radius 1 is 0.853 bits per heavy atom. The number of nitro benzene ring substituents is 1. The normalized spacial score (nSPS) is 21.2. The van der Waals surface area contributed by atoms with Gasteiger partial charge in [0.2, 0.25) is 0 Å². The van der Waals surface area contributed by atoms with Crippen molar-refractivity contribution in [1.82, 2.24) is 9.80 Å². The highest BCUT2D eigenvalue weighted by molar-refractivity contribution is 6.27. The standard InChI is InChI=1S/C23H29N3O2.C2H2O4/c27-26(28)23-10-6-19(7-11-23)18-24-14-16-25(17-15-24)22-12-8-21(9-13-22)20-4-2-1-3-5-20;3-1(4)2(5)6/h1-7,10-11,21-22H,8-9,12-18H2;(H,3,4)(H,5,6). The lowest BCUT2D eigenvalue weighted by Gasteiger charge is -2.42. The molecule has 2 fully saturated rings. The number of rotatable bonds is 5. The minimum absolute atomic E-state index is 0.166. The van der Waals surface area contributed by atoms with Gasteiger partial charge in [-0.2, -0.15) is 0 Å². The molecule has 0 bridgehead atoms. The zero-order valence-corrected chi connectivity index (χ0v) is 19.1. The molecule has 0 amide bonds. The second kappa shape index (κ2) is 12.2. The molecule has 2 aromatic carbocycles. The number of aliphatic carboxylic acids is 2. The summed E-state index contributed by atoms with van der Waals surface area (Å²) in [5.41, 5.74) is 2.83. The highest BCUT2D eigenvalue weighted by Gasteiger charge is 2.28. The van der Waals surface area contributed by atoms with Gasteiger partial charge in [0.1, 0.15) is 0 Å². The van der Waals surface area contributed by atoms with Crippen molar-refractivity contribution in [1.29, 1.82) is 0 Å². The molecule has 34 heavy (non-hydrogen) atoms. The third-order valence-corrected chi connectivity index (χ3v) is 6.63. The summed E-state index contributed by atoms with van der Waals surface area (Å²) in [5.74, 6) is -2.91. The van der Waals surface area contributed by atoms with E-state index in [-0.39, 0.29) is 10.6 Å². The van der Waals surface area contributed by atoms with Crippen LogP contribution in [0.4, 0.5) is 5.69 Å². The van der Waals surface area contributed by atoms with Crippen LogP contribution >= 0.6 is 0 Å². The lowest BCUT2D eigenvalue weighted by atomic mass is 9.81. The van der Waals surface area contributed by atoms with Crippen molar-refractivity contribution in [3.05, 3.63) is 75.8 Å². The first-order valence-electron chi connectivity index (χ1n) is 11.5. The van der Waals surface area contributed by atoms with Crippen LogP contribution in [-0.4, -0.2) is 69.1 Å². The van der Waals surface area contributed by atoms with E-state index in [1.54, 1.807) is 12.1 Å². The minimum Gasteiger partial charge on any atom is -0.473 e. The summed E-state index contributed by atoms with van der Waals surface area (Å²) in [6, 6.07) is 18.7. The monoisotopic (exact) mass is 469 g/mol. The molecular formula is C25H31N3O6. The molecule has 9 heteroatoms. The smallest absolute Gasteiger partial charge is 0.414 e. The molecule has 4 rings (SSSR count). The minimum atomic E-state index is -1.82. The highest BCUT2D eigenvalue weighted by atomic mass is 16.6. The summed E-state index contributed by atoms with van der Waals surface area (Å²) in [6.45, 7) is 5.30. The Morgan fingerprint density at radius 3 is 1.91 bits per heavy atom. The van der Waals surface area contributed by atoms with Crippen LogP contribution in [0.15, 0.2) is 54.6 Å². The van der Waals surface area contributed by atoms with Crippen molar-refractivity contribution in [3.63, 3.8) is 0 Å². The fourth-order valence-corrected chi connectivity index (χ4v) is 4.77. The van der Waals surface area contributed by atoms with E-state index < -0.39 is 11.9 Å². The molecule has 2 aliphatic rings. The Balaban J connectivity index is 0.000000481. The Morgan fingerprint density at radius 2 is 1.41 bits per heavy atom. The Labute approximate surface area is 198 Å². The fraction of sp³-hybridized carbons (Fsp3) is 0.440. The summed E-state index contributed by atoms with van der Waals surface area (Å²) in [4.78, 5) is 33.8. The molecule has 0 radical (unpaired) electrons. The number of carboxylic acids is 2. The van der Waals surface area contributed by atoms with Gasteiger partial charge in [0.15, 0.2) is 0 Å². The molecule has 0 aromatic heterocycles. The molecule has 182 valence electrons. The van der Waals surface area contributed by atoms with Gasteiger partial charge in [0.25, 0.3) is 5.69 Å². The number of benzene rings is 2. The SMILES string of the molecule is O=C(O)C(=O)O.O=[N+]([O-])c1ccc(CN2CCN(C3CCC(c4ccccc4)CC3)CC2)cc1. The van der Waals surface area contributed by atoms with E-state index in [0.717, 1.165) is 50.2 Å². The molecule has 1 aliphatic heterocycles. The van der Waals surface area contributed by atoms with E-state index in [1.165, 1.54) is 31.2 Å². The summed E-state index contributed by atoms with van der Waals surface area (Å²) in [6.07, 6.45) is 5.22. The topological polar surface area (TPSA) is 124 Å². The van der Waals surface area contributed by atoms with Crippen LogP contribution in [0.25, 0.3) is 0 Å². The van der Waals surface area contributed by atoms with E-state index in [2.05, 4.69) is 40.1 Å². The Hall–Kier alpha value is -3.30. The number of nitro groups is 1. The van der Waals surface area contributed by atoms with Gasteiger partial charge in [-0.15, -0.1) is 0 Å². The average molecular weight is 470 g/mol. The predicted molar refractivity (Wildman–Crippen MR) is 127 cm³/mol. The van der Waals surface area contributed by atoms with Crippen LogP contribution in [-0.2, 0) is 16.1 Å². The first kappa shape index (κ1) is 25.3. The second-order valence-corrected chi connectivity index (χ2v) is 8.76. The summed E-state index contributed by atoms with van der Waals surface area (Å²) < 4.78 is 0. The maximum Gasteiger partial charge on any atom is 0.414 e. The van der Waals surface area contributed by atoms with Crippen LogP contribution in [0.3, 0.4) is 0 Å². The number of hydrogen-bond donors (Lipinski definition) is 2. The predicted octanol–water partition coefficient (Wildman–Crippen LogP) is 3.59. The van der Waals surface area contributed by atoms with E-state index in [1.807, 2.05) is 12.1 Å². The molecule has 0 unspecified atom stereocenters. The number of hydrogen-bond acceptors (Lipinski definition) is 6. The molecule has 1 saturated carbocycles. The van der Waals surface area contributed by atoms with Gasteiger partial charge in [0, 0.05) is 50.9 Å². The molecule has 2 N–H and O–H groups in total. The summed E-state index contributed by atoms with van der Waals surface area (Å²) >= 11 is 0. The number of carboxylic acid groups (broad SMARTS) is 2. The molecule has 0 atom stereocenters. The van der Waals surface area contributed by atoms with E-state index >= 15 is 0 Å². The first-order valence-corrected chi connectivity index (χ1v) is 11.5.